The summed E-state index contributed by atoms with van der Waals surface area (Å²) in [5.41, 5.74) is -0.812. The molecule has 10 heteroatoms. The zero-order valence-corrected chi connectivity index (χ0v) is 13.6. The first kappa shape index (κ1) is 16.7. The summed E-state index contributed by atoms with van der Waals surface area (Å²) >= 11 is 5.16. The van der Waals surface area contributed by atoms with Gasteiger partial charge in [0.25, 0.3) is 5.56 Å². The predicted molar refractivity (Wildman–Crippen MR) is 83.2 cm³/mol. The Labute approximate surface area is 135 Å². The van der Waals surface area contributed by atoms with Gasteiger partial charge in [-0.1, -0.05) is 5.16 Å². The van der Waals surface area contributed by atoms with E-state index < -0.39 is 5.56 Å². The molecule has 9 nitrogen and oxygen atoms in total. The number of Topliss-reactive ketones (excluding diaryl/α,β-unsaturated/α-hetero) is 1. The second-order valence-electron chi connectivity index (χ2n) is 4.55. The first-order chi connectivity index (χ1) is 10.9. The van der Waals surface area contributed by atoms with Gasteiger partial charge in [0.15, 0.2) is 10.6 Å². The Morgan fingerprint density at radius 3 is 2.52 bits per heavy atom. The molecule has 0 aliphatic carbocycles. The summed E-state index contributed by atoms with van der Waals surface area (Å²) in [6.07, 6.45) is 0. The molecule has 2 heterocycles. The molecule has 0 radical (unpaired) electrons. The van der Waals surface area contributed by atoms with E-state index >= 15 is 0 Å². The minimum Gasteiger partial charge on any atom is -0.493 e. The Morgan fingerprint density at radius 2 is 2.00 bits per heavy atom. The Kier molecular flexibility index (Phi) is 4.84. The monoisotopic (exact) mass is 337 g/mol. The fraction of sp³-hybridized carbons (Fsp3) is 0.385. The number of azo groups is 1. The number of ketones is 1. The van der Waals surface area contributed by atoms with Gasteiger partial charge in [-0.3, -0.25) is 18.7 Å². The highest BCUT2D eigenvalue weighted by atomic mass is 32.1. The molecule has 0 bridgehead atoms. The molecule has 0 aromatic carbocycles. The SMILES string of the molecule is CCn1c(O)c(N=Nc2cc(C(C)=O)on2)c(=O)n(CC)c1=S. The average Bonchev–Trinajstić information content (AvgIpc) is 2.97. The number of aromatic hydroxyl groups is 1. The highest BCUT2D eigenvalue weighted by Gasteiger charge is 2.16. The predicted octanol–water partition coefficient (Wildman–Crippen LogP) is 2.73. The van der Waals surface area contributed by atoms with Gasteiger partial charge in [0.1, 0.15) is 0 Å². The molecule has 0 spiro atoms. The van der Waals surface area contributed by atoms with E-state index in [-0.39, 0.29) is 33.7 Å². The average molecular weight is 337 g/mol. The van der Waals surface area contributed by atoms with E-state index in [2.05, 4.69) is 15.4 Å². The van der Waals surface area contributed by atoms with E-state index in [0.717, 1.165) is 0 Å². The van der Waals surface area contributed by atoms with Gasteiger partial charge in [0, 0.05) is 26.1 Å². The molecular formula is C13H15N5O4S. The largest absolute Gasteiger partial charge is 0.493 e. The minimum absolute atomic E-state index is 0.0162. The summed E-state index contributed by atoms with van der Waals surface area (Å²) in [5, 5.41) is 21.2. The maximum Gasteiger partial charge on any atom is 0.286 e. The van der Waals surface area contributed by atoms with Crippen LogP contribution in [0.1, 0.15) is 31.3 Å². The van der Waals surface area contributed by atoms with E-state index in [1.54, 1.807) is 13.8 Å². The third-order valence-corrected chi connectivity index (χ3v) is 3.55. The smallest absolute Gasteiger partial charge is 0.286 e. The van der Waals surface area contributed by atoms with Crippen molar-refractivity contribution < 1.29 is 14.4 Å². The van der Waals surface area contributed by atoms with Crippen molar-refractivity contribution in [3.8, 4) is 5.88 Å². The van der Waals surface area contributed by atoms with Crippen LogP contribution < -0.4 is 5.56 Å². The lowest BCUT2D eigenvalue weighted by Crippen LogP contribution is -2.24. The van der Waals surface area contributed by atoms with Gasteiger partial charge < -0.3 is 9.63 Å². The van der Waals surface area contributed by atoms with Crippen molar-refractivity contribution in [3.63, 3.8) is 0 Å². The number of carbonyl (C=O) groups excluding carboxylic acids is 1. The summed E-state index contributed by atoms with van der Waals surface area (Å²) in [4.78, 5) is 23.4. The van der Waals surface area contributed by atoms with Crippen molar-refractivity contribution in [1.29, 1.82) is 0 Å². The van der Waals surface area contributed by atoms with Crippen LogP contribution in [-0.2, 0) is 13.1 Å². The summed E-state index contributed by atoms with van der Waals surface area (Å²) in [5.74, 6) is -0.637. The van der Waals surface area contributed by atoms with Crippen LogP contribution in [0.15, 0.2) is 25.6 Å². The zero-order chi connectivity index (χ0) is 17.1. The van der Waals surface area contributed by atoms with Crippen LogP contribution in [0.25, 0.3) is 0 Å². The van der Waals surface area contributed by atoms with Crippen LogP contribution in [-0.4, -0.2) is 25.2 Å². The first-order valence-electron chi connectivity index (χ1n) is 6.86. The summed E-state index contributed by atoms with van der Waals surface area (Å²) in [6, 6.07) is 1.29. The van der Waals surface area contributed by atoms with Crippen molar-refractivity contribution in [2.24, 2.45) is 10.2 Å². The van der Waals surface area contributed by atoms with Gasteiger partial charge in [-0.25, -0.2) is 0 Å². The Morgan fingerprint density at radius 1 is 1.35 bits per heavy atom. The third kappa shape index (κ3) is 3.11. The highest BCUT2D eigenvalue weighted by molar-refractivity contribution is 7.71. The molecule has 0 saturated heterocycles. The zero-order valence-electron chi connectivity index (χ0n) is 12.8. The number of aromatic nitrogens is 3. The van der Waals surface area contributed by atoms with Gasteiger partial charge in [-0.05, 0) is 26.1 Å². The number of nitrogens with zero attached hydrogens (tertiary/aromatic N) is 5. The molecule has 0 unspecified atom stereocenters. The molecule has 0 saturated carbocycles. The summed E-state index contributed by atoms with van der Waals surface area (Å²) in [6.45, 7) is 5.55. The Bertz CT molecular complexity index is 893. The fourth-order valence-electron chi connectivity index (χ4n) is 1.91. The molecule has 23 heavy (non-hydrogen) atoms. The lowest BCUT2D eigenvalue weighted by Gasteiger charge is -2.12. The van der Waals surface area contributed by atoms with Gasteiger partial charge in [-0.2, -0.15) is 0 Å². The normalized spacial score (nSPS) is 11.3. The van der Waals surface area contributed by atoms with Crippen molar-refractivity contribution in [2.45, 2.75) is 33.9 Å². The summed E-state index contributed by atoms with van der Waals surface area (Å²) in [7, 11) is 0. The van der Waals surface area contributed by atoms with E-state index in [4.69, 9.17) is 16.7 Å². The molecule has 0 aliphatic rings. The minimum atomic E-state index is -0.557. The molecule has 0 amide bonds. The number of carbonyl (C=O) groups is 1. The van der Waals surface area contributed by atoms with Crippen LogP contribution in [0.5, 0.6) is 5.88 Å². The molecule has 0 aliphatic heterocycles. The molecule has 122 valence electrons. The van der Waals surface area contributed by atoms with E-state index in [9.17, 15) is 14.7 Å². The van der Waals surface area contributed by atoms with Crippen molar-refractivity contribution in [2.75, 3.05) is 0 Å². The molecule has 2 rings (SSSR count). The second-order valence-corrected chi connectivity index (χ2v) is 4.92. The molecule has 2 aromatic heterocycles. The van der Waals surface area contributed by atoms with E-state index in [1.165, 1.54) is 22.1 Å². The molecular weight excluding hydrogens is 322 g/mol. The lowest BCUT2D eigenvalue weighted by molar-refractivity contribution is 0.0978. The van der Waals surface area contributed by atoms with Gasteiger partial charge in [-0.15, -0.1) is 10.2 Å². The quantitative estimate of drug-likeness (QED) is 0.509. The number of hydrogen-bond acceptors (Lipinski definition) is 8. The third-order valence-electron chi connectivity index (χ3n) is 3.11. The molecule has 2 aromatic rings. The Hall–Kier alpha value is -2.62. The van der Waals surface area contributed by atoms with E-state index in [1.807, 2.05) is 0 Å². The first-order valence-corrected chi connectivity index (χ1v) is 7.27. The van der Waals surface area contributed by atoms with Crippen molar-refractivity contribution in [1.82, 2.24) is 14.3 Å². The molecule has 1 N–H and O–H groups in total. The van der Waals surface area contributed by atoms with Crippen LogP contribution in [0, 0.1) is 4.77 Å². The summed E-state index contributed by atoms with van der Waals surface area (Å²) < 4.78 is 7.64. The van der Waals surface area contributed by atoms with Gasteiger partial charge in [0.05, 0.1) is 0 Å². The van der Waals surface area contributed by atoms with Crippen LogP contribution in [0.3, 0.4) is 0 Å². The standard InChI is InChI=1S/C13H15N5O4S/c1-4-17-11(20)10(12(21)18(5-2)13(17)23)15-14-9-6-8(7(3)19)22-16-9/h6,20H,4-5H2,1-3H3. The number of hydrogen-bond donors (Lipinski definition) is 1. The lowest BCUT2D eigenvalue weighted by atomic mass is 10.3. The van der Waals surface area contributed by atoms with Crippen molar-refractivity contribution in [3.05, 3.63) is 27.0 Å². The van der Waals surface area contributed by atoms with Gasteiger partial charge in [0.2, 0.25) is 23.1 Å². The number of rotatable bonds is 5. The van der Waals surface area contributed by atoms with E-state index in [0.29, 0.717) is 13.1 Å². The maximum atomic E-state index is 12.3. The van der Waals surface area contributed by atoms with Crippen LogP contribution in [0.2, 0.25) is 0 Å². The van der Waals surface area contributed by atoms with Crippen molar-refractivity contribution >= 4 is 29.5 Å². The van der Waals surface area contributed by atoms with Crippen LogP contribution >= 0.6 is 12.2 Å². The highest BCUT2D eigenvalue weighted by Crippen LogP contribution is 2.24. The second kappa shape index (κ2) is 6.65. The van der Waals surface area contributed by atoms with Crippen LogP contribution in [0.4, 0.5) is 11.5 Å². The molecule has 0 atom stereocenters. The Balaban J connectivity index is 2.54. The fourth-order valence-corrected chi connectivity index (χ4v) is 2.33. The van der Waals surface area contributed by atoms with Gasteiger partial charge >= 0.3 is 0 Å². The topological polar surface area (TPSA) is 115 Å². The maximum absolute atomic E-state index is 12.3. The molecule has 0 fully saturated rings.